The van der Waals surface area contributed by atoms with Gasteiger partial charge in [-0.05, 0) is 55.6 Å². The van der Waals surface area contributed by atoms with Gasteiger partial charge in [0.1, 0.15) is 5.75 Å². The number of aliphatic hydroxyl groups is 1. The lowest BCUT2D eigenvalue weighted by Crippen LogP contribution is -2.32. The minimum absolute atomic E-state index is 0.0973. The minimum atomic E-state index is -0.526. The molecule has 0 saturated carbocycles. The van der Waals surface area contributed by atoms with E-state index in [0.717, 1.165) is 35.0 Å². The van der Waals surface area contributed by atoms with Gasteiger partial charge in [0.25, 0.3) is 0 Å². The average Bonchev–Trinajstić information content (AvgIpc) is 2.66. The van der Waals surface area contributed by atoms with Gasteiger partial charge in [-0.15, -0.1) is 0 Å². The Bertz CT molecular complexity index is 752. The molecule has 1 aliphatic rings. The zero-order chi connectivity index (χ0) is 19.2. The van der Waals surface area contributed by atoms with Crippen molar-refractivity contribution < 1.29 is 14.6 Å². The second-order valence-electron chi connectivity index (χ2n) is 7.22. The van der Waals surface area contributed by atoms with Crippen molar-refractivity contribution in [3.63, 3.8) is 0 Å². The predicted octanol–water partition coefficient (Wildman–Crippen LogP) is 4.34. The van der Waals surface area contributed by atoms with E-state index in [2.05, 4.69) is 51.2 Å². The first-order chi connectivity index (χ1) is 13.1. The third-order valence-electron chi connectivity index (χ3n) is 5.01. The molecule has 5 heteroatoms. The fourth-order valence-corrected chi connectivity index (χ4v) is 4.16. The lowest BCUT2D eigenvalue weighted by molar-refractivity contribution is -0.0266. The number of halogens is 1. The van der Waals surface area contributed by atoms with Crippen molar-refractivity contribution in [2.45, 2.75) is 38.0 Å². The number of benzene rings is 2. The molecule has 0 unspecified atom stereocenters. The molecule has 1 N–H and O–H groups in total. The van der Waals surface area contributed by atoms with Crippen molar-refractivity contribution in [3.8, 4) is 5.75 Å². The summed E-state index contributed by atoms with van der Waals surface area (Å²) in [6.45, 7) is 1.59. The quantitative estimate of drug-likeness (QED) is 0.671. The number of likely N-dealkylation sites (N-methyl/N-ethyl adjacent to an activating group) is 1. The maximum Gasteiger partial charge on any atom is 0.123 e. The Morgan fingerprint density at radius 1 is 1.26 bits per heavy atom. The number of nitrogens with zero attached hydrogens (tertiary/aromatic N) is 1. The molecule has 146 valence electrons. The van der Waals surface area contributed by atoms with Crippen LogP contribution in [0.4, 0.5) is 0 Å². The van der Waals surface area contributed by atoms with Gasteiger partial charge in [-0.2, -0.15) is 0 Å². The molecule has 1 aliphatic carbocycles. The van der Waals surface area contributed by atoms with Crippen LogP contribution in [0.2, 0.25) is 0 Å². The lowest BCUT2D eigenvalue weighted by Gasteiger charge is -2.27. The van der Waals surface area contributed by atoms with Crippen LogP contribution in [0.15, 0.2) is 46.9 Å². The summed E-state index contributed by atoms with van der Waals surface area (Å²) >= 11 is 3.51. The molecule has 0 saturated heterocycles. The Hall–Kier alpha value is -1.40. The molecule has 0 bridgehead atoms. The highest BCUT2D eigenvalue weighted by Gasteiger charge is 2.21. The summed E-state index contributed by atoms with van der Waals surface area (Å²) < 4.78 is 12.5. The topological polar surface area (TPSA) is 41.9 Å². The van der Waals surface area contributed by atoms with E-state index < -0.39 is 6.10 Å². The molecular formula is C22H28BrNO3. The van der Waals surface area contributed by atoms with Gasteiger partial charge in [0.2, 0.25) is 0 Å². The zero-order valence-electron chi connectivity index (χ0n) is 16.0. The monoisotopic (exact) mass is 433 g/mol. The van der Waals surface area contributed by atoms with Crippen LogP contribution in [0.5, 0.6) is 5.75 Å². The highest BCUT2D eigenvalue weighted by atomic mass is 79.9. The van der Waals surface area contributed by atoms with Crippen LogP contribution in [-0.2, 0) is 17.7 Å². The summed E-state index contributed by atoms with van der Waals surface area (Å²) in [7, 11) is 3.68. The van der Waals surface area contributed by atoms with Gasteiger partial charge in [-0.1, -0.05) is 40.2 Å². The summed E-state index contributed by atoms with van der Waals surface area (Å²) in [5, 5.41) is 10.5. The Labute approximate surface area is 170 Å². The van der Waals surface area contributed by atoms with Gasteiger partial charge in [0, 0.05) is 23.1 Å². The average molecular weight is 434 g/mol. The van der Waals surface area contributed by atoms with Gasteiger partial charge in [-0.25, -0.2) is 0 Å². The van der Waals surface area contributed by atoms with Gasteiger partial charge < -0.3 is 14.6 Å². The Balaban J connectivity index is 1.51. The van der Waals surface area contributed by atoms with Gasteiger partial charge >= 0.3 is 0 Å². The normalized spacial score (nSPS) is 17.6. The van der Waals surface area contributed by atoms with Gasteiger partial charge in [-0.3, -0.25) is 4.90 Å². The van der Waals surface area contributed by atoms with E-state index in [-0.39, 0.29) is 6.10 Å². The Morgan fingerprint density at radius 3 is 2.89 bits per heavy atom. The van der Waals surface area contributed by atoms with Crippen LogP contribution in [0.3, 0.4) is 0 Å². The summed E-state index contributed by atoms with van der Waals surface area (Å²) in [4.78, 5) is 2.09. The molecule has 0 heterocycles. The van der Waals surface area contributed by atoms with Crippen LogP contribution < -0.4 is 4.74 Å². The molecule has 3 rings (SSSR count). The standard InChI is InChI=1S/C22H28BrNO3/c1-24(13-17-12-18(23)10-11-21(17)26-2)14-19(25)15-27-22-9-5-7-16-6-3-4-8-20(16)22/h3-4,6,8,10-12,19,22,25H,5,7,9,13-15H2,1-2H3/t19-,22+/m0/s1. The second kappa shape index (κ2) is 9.69. The number of ether oxygens (including phenoxy) is 2. The van der Waals surface area contributed by atoms with Crippen molar-refractivity contribution in [1.29, 1.82) is 0 Å². The first-order valence-electron chi connectivity index (χ1n) is 9.45. The number of hydrogen-bond acceptors (Lipinski definition) is 4. The maximum atomic E-state index is 10.5. The van der Waals surface area contributed by atoms with Gasteiger partial charge in [0.15, 0.2) is 0 Å². The third kappa shape index (κ3) is 5.55. The molecule has 27 heavy (non-hydrogen) atoms. The number of rotatable bonds is 8. The number of hydrogen-bond donors (Lipinski definition) is 1. The van der Waals surface area contributed by atoms with E-state index in [1.165, 1.54) is 11.1 Å². The number of aliphatic hydroxyl groups excluding tert-OH is 1. The molecule has 0 aromatic heterocycles. The van der Waals surface area contributed by atoms with E-state index in [4.69, 9.17) is 9.47 Å². The molecule has 2 aromatic rings. The second-order valence-corrected chi connectivity index (χ2v) is 8.14. The molecule has 0 spiro atoms. The van der Waals surface area contributed by atoms with Crippen LogP contribution >= 0.6 is 15.9 Å². The smallest absolute Gasteiger partial charge is 0.123 e. The summed E-state index contributed by atoms with van der Waals surface area (Å²) in [5.74, 6) is 0.856. The van der Waals surface area contributed by atoms with Crippen molar-refractivity contribution in [2.75, 3.05) is 27.3 Å². The first kappa shape index (κ1) is 20.3. The van der Waals surface area contributed by atoms with Crippen molar-refractivity contribution in [1.82, 2.24) is 4.90 Å². The van der Waals surface area contributed by atoms with Crippen molar-refractivity contribution >= 4 is 15.9 Å². The van der Waals surface area contributed by atoms with E-state index in [1.807, 2.05) is 19.2 Å². The lowest BCUT2D eigenvalue weighted by atomic mass is 9.89. The molecule has 0 amide bonds. The maximum absolute atomic E-state index is 10.5. The molecule has 4 nitrogen and oxygen atoms in total. The Morgan fingerprint density at radius 2 is 2.07 bits per heavy atom. The molecule has 0 aliphatic heterocycles. The fourth-order valence-electron chi connectivity index (χ4n) is 3.75. The van der Waals surface area contributed by atoms with Crippen LogP contribution in [-0.4, -0.2) is 43.4 Å². The number of methoxy groups -OCH3 is 1. The van der Waals surface area contributed by atoms with Crippen LogP contribution in [0.1, 0.15) is 35.6 Å². The summed E-state index contributed by atoms with van der Waals surface area (Å²) in [6, 6.07) is 14.5. The molecular weight excluding hydrogens is 406 g/mol. The molecule has 0 fully saturated rings. The fraction of sp³-hybridized carbons (Fsp3) is 0.455. The summed E-state index contributed by atoms with van der Waals surface area (Å²) in [6.07, 6.45) is 2.85. The Kier molecular flexibility index (Phi) is 7.30. The predicted molar refractivity (Wildman–Crippen MR) is 111 cm³/mol. The zero-order valence-corrected chi connectivity index (χ0v) is 17.6. The first-order valence-corrected chi connectivity index (χ1v) is 10.2. The minimum Gasteiger partial charge on any atom is -0.496 e. The van der Waals surface area contributed by atoms with E-state index >= 15 is 0 Å². The molecule has 2 atom stereocenters. The van der Waals surface area contributed by atoms with Crippen LogP contribution in [0, 0.1) is 0 Å². The van der Waals surface area contributed by atoms with Crippen molar-refractivity contribution in [2.24, 2.45) is 0 Å². The van der Waals surface area contributed by atoms with E-state index in [0.29, 0.717) is 19.7 Å². The van der Waals surface area contributed by atoms with E-state index in [1.54, 1.807) is 7.11 Å². The summed E-state index contributed by atoms with van der Waals surface area (Å²) in [5.41, 5.74) is 3.74. The van der Waals surface area contributed by atoms with Gasteiger partial charge in [0.05, 0.1) is 25.9 Å². The van der Waals surface area contributed by atoms with Crippen LogP contribution in [0.25, 0.3) is 0 Å². The molecule has 0 radical (unpaired) electrons. The van der Waals surface area contributed by atoms with E-state index in [9.17, 15) is 5.11 Å². The molecule has 2 aromatic carbocycles. The largest absolute Gasteiger partial charge is 0.496 e. The highest BCUT2D eigenvalue weighted by Crippen LogP contribution is 2.32. The van der Waals surface area contributed by atoms with Crippen molar-refractivity contribution in [3.05, 3.63) is 63.6 Å². The number of fused-ring (bicyclic) bond motifs is 1. The third-order valence-corrected chi connectivity index (χ3v) is 5.50. The highest BCUT2D eigenvalue weighted by molar-refractivity contribution is 9.10. The number of aryl methyl sites for hydroxylation is 1. The SMILES string of the molecule is COc1ccc(Br)cc1CN(C)C[C@H](O)CO[C@@H]1CCCc2ccccc21.